The van der Waals surface area contributed by atoms with Crippen LogP contribution >= 0.6 is 24.0 Å². The van der Waals surface area contributed by atoms with Crippen molar-refractivity contribution < 1.29 is 4.42 Å². The van der Waals surface area contributed by atoms with Gasteiger partial charge in [0.05, 0.1) is 6.20 Å². The summed E-state index contributed by atoms with van der Waals surface area (Å²) in [4.78, 5) is 12.3. The molecule has 1 aromatic carbocycles. The third-order valence-corrected chi connectivity index (χ3v) is 4.60. The summed E-state index contributed by atoms with van der Waals surface area (Å²) in [5.41, 5.74) is 2.51. The Bertz CT molecular complexity index is 923. The van der Waals surface area contributed by atoms with E-state index in [0.717, 1.165) is 37.7 Å². The zero-order chi connectivity index (χ0) is 20.0. The molecule has 0 bridgehead atoms. The fourth-order valence-electron chi connectivity index (χ4n) is 3.04. The number of halogens is 1. The highest BCUT2D eigenvalue weighted by molar-refractivity contribution is 14.0. The molecule has 0 aliphatic heterocycles. The number of aromatic amines is 1. The van der Waals surface area contributed by atoms with Crippen LogP contribution in [0.3, 0.4) is 0 Å². The summed E-state index contributed by atoms with van der Waals surface area (Å²) in [5, 5.41) is 7.98. The number of aromatic nitrogens is 2. The lowest BCUT2D eigenvalue weighted by atomic mass is 9.94. The highest BCUT2D eigenvalue weighted by Gasteiger charge is 2.19. The summed E-state index contributed by atoms with van der Waals surface area (Å²) in [7, 11) is 0. The Hall–Kier alpha value is -2.03. The van der Waals surface area contributed by atoms with E-state index in [0.29, 0.717) is 12.4 Å². The molecule has 6 nitrogen and oxygen atoms in total. The predicted molar refractivity (Wildman–Crippen MR) is 130 cm³/mol. The molecule has 0 atom stereocenters. The lowest BCUT2D eigenvalue weighted by Crippen LogP contribution is -2.37. The summed E-state index contributed by atoms with van der Waals surface area (Å²) in [6, 6.07) is 8.42. The van der Waals surface area contributed by atoms with Crippen LogP contribution in [-0.4, -0.2) is 29.0 Å². The zero-order valence-corrected chi connectivity index (χ0v) is 20.0. The summed E-state index contributed by atoms with van der Waals surface area (Å²) >= 11 is 0. The van der Waals surface area contributed by atoms with Gasteiger partial charge in [0.15, 0.2) is 5.96 Å². The summed E-state index contributed by atoms with van der Waals surface area (Å²) in [6.45, 7) is 10.5. The van der Waals surface area contributed by atoms with Crippen molar-refractivity contribution in [2.75, 3.05) is 13.1 Å². The van der Waals surface area contributed by atoms with Crippen molar-refractivity contribution in [1.29, 1.82) is 0 Å². The Balaban J connectivity index is 0.00000300. The van der Waals surface area contributed by atoms with Crippen molar-refractivity contribution in [1.82, 2.24) is 20.6 Å². The molecular formula is C22H32IN5O. The fourth-order valence-corrected chi connectivity index (χ4v) is 3.04. The minimum atomic E-state index is -0.0416. The van der Waals surface area contributed by atoms with Gasteiger partial charge in [-0.3, -0.25) is 0 Å². The van der Waals surface area contributed by atoms with Crippen LogP contribution in [0, 0.1) is 0 Å². The quantitative estimate of drug-likeness (QED) is 0.186. The van der Waals surface area contributed by atoms with Gasteiger partial charge in [0, 0.05) is 35.6 Å². The number of nitrogens with one attached hydrogen (secondary N) is 3. The normalized spacial score (nSPS) is 12.1. The molecule has 0 aliphatic rings. The van der Waals surface area contributed by atoms with Crippen LogP contribution in [0.25, 0.3) is 10.9 Å². The van der Waals surface area contributed by atoms with Crippen molar-refractivity contribution in [3.63, 3.8) is 0 Å². The third-order valence-electron chi connectivity index (χ3n) is 4.60. The Kier molecular flexibility index (Phi) is 8.55. The van der Waals surface area contributed by atoms with Crippen molar-refractivity contribution in [2.45, 2.75) is 52.5 Å². The molecule has 2 heterocycles. The van der Waals surface area contributed by atoms with Crippen LogP contribution < -0.4 is 10.6 Å². The maximum atomic E-state index is 5.81. The van der Waals surface area contributed by atoms with E-state index in [-0.39, 0.29) is 29.4 Å². The largest absolute Gasteiger partial charge is 0.443 e. The van der Waals surface area contributed by atoms with Gasteiger partial charge in [0.2, 0.25) is 5.89 Å². The molecule has 0 radical (unpaired) electrons. The first kappa shape index (κ1) is 23.3. The highest BCUT2D eigenvalue weighted by Crippen LogP contribution is 2.22. The predicted octanol–water partition coefficient (Wildman–Crippen LogP) is 4.76. The zero-order valence-electron chi connectivity index (χ0n) is 17.7. The number of benzene rings is 1. The maximum Gasteiger partial charge on any atom is 0.216 e. The average molecular weight is 509 g/mol. The van der Waals surface area contributed by atoms with Gasteiger partial charge in [-0.05, 0) is 31.4 Å². The minimum absolute atomic E-state index is 0. The molecule has 158 valence electrons. The molecule has 2 aromatic heterocycles. The summed E-state index contributed by atoms with van der Waals surface area (Å²) < 4.78 is 5.81. The van der Waals surface area contributed by atoms with E-state index < -0.39 is 0 Å². The van der Waals surface area contributed by atoms with Gasteiger partial charge in [0.1, 0.15) is 12.3 Å². The monoisotopic (exact) mass is 509 g/mol. The van der Waals surface area contributed by atoms with Gasteiger partial charge >= 0.3 is 0 Å². The number of rotatable bonds is 7. The Labute approximate surface area is 190 Å². The lowest BCUT2D eigenvalue weighted by Gasteiger charge is -2.13. The fraction of sp³-hybridized carbons (Fsp3) is 0.455. The van der Waals surface area contributed by atoms with E-state index in [2.05, 4.69) is 83.8 Å². The van der Waals surface area contributed by atoms with E-state index >= 15 is 0 Å². The molecule has 29 heavy (non-hydrogen) atoms. The number of hydrogen-bond acceptors (Lipinski definition) is 3. The van der Waals surface area contributed by atoms with Gasteiger partial charge in [0.25, 0.3) is 0 Å². The average Bonchev–Trinajstić information content (AvgIpc) is 3.30. The molecule has 0 saturated carbocycles. The number of guanidine groups is 1. The van der Waals surface area contributed by atoms with Gasteiger partial charge < -0.3 is 20.0 Å². The number of fused-ring (bicyclic) bond motifs is 1. The molecule has 0 fully saturated rings. The van der Waals surface area contributed by atoms with Crippen LogP contribution in [-0.2, 0) is 18.4 Å². The number of hydrogen-bond donors (Lipinski definition) is 3. The van der Waals surface area contributed by atoms with E-state index in [4.69, 9.17) is 4.42 Å². The van der Waals surface area contributed by atoms with Crippen LogP contribution in [0.1, 0.15) is 51.3 Å². The van der Waals surface area contributed by atoms with E-state index in [9.17, 15) is 0 Å². The number of nitrogens with zero attached hydrogens (tertiary/aromatic N) is 2. The van der Waals surface area contributed by atoms with Gasteiger partial charge in [-0.2, -0.15) is 0 Å². The molecule has 0 aliphatic carbocycles. The van der Waals surface area contributed by atoms with E-state index in [1.54, 1.807) is 6.20 Å². The molecule has 3 aromatic rings. The first-order valence-corrected chi connectivity index (χ1v) is 9.99. The Morgan fingerprint density at radius 1 is 1.21 bits per heavy atom. The molecule has 0 saturated heterocycles. The molecule has 3 rings (SSSR count). The first-order valence-electron chi connectivity index (χ1n) is 9.99. The maximum absolute atomic E-state index is 5.81. The molecule has 7 heteroatoms. The van der Waals surface area contributed by atoms with Crippen molar-refractivity contribution in [3.05, 3.63) is 53.9 Å². The third kappa shape index (κ3) is 6.48. The highest BCUT2D eigenvalue weighted by atomic mass is 127. The molecule has 0 spiro atoms. The topological polar surface area (TPSA) is 78.2 Å². The summed E-state index contributed by atoms with van der Waals surface area (Å²) in [6.07, 6.45) is 5.95. The molecular weight excluding hydrogens is 477 g/mol. The van der Waals surface area contributed by atoms with E-state index in [1.807, 2.05) is 0 Å². The molecule has 3 N–H and O–H groups in total. The Morgan fingerprint density at radius 3 is 2.72 bits per heavy atom. The van der Waals surface area contributed by atoms with Gasteiger partial charge in [-0.25, -0.2) is 9.98 Å². The first-order chi connectivity index (χ1) is 13.5. The molecule has 0 amide bonds. The van der Waals surface area contributed by atoms with Crippen LogP contribution in [0.15, 0.2) is 46.1 Å². The minimum Gasteiger partial charge on any atom is -0.443 e. The van der Waals surface area contributed by atoms with Crippen LogP contribution in [0.5, 0.6) is 0 Å². The van der Waals surface area contributed by atoms with Gasteiger partial charge in [-0.1, -0.05) is 39.0 Å². The van der Waals surface area contributed by atoms with Crippen molar-refractivity contribution in [2.24, 2.45) is 4.99 Å². The molecule has 0 unspecified atom stereocenters. The van der Waals surface area contributed by atoms with Crippen LogP contribution in [0.2, 0.25) is 0 Å². The number of aryl methyl sites for hydroxylation is 1. The number of aliphatic imine (C=N–C) groups is 1. The second-order valence-corrected chi connectivity index (χ2v) is 7.95. The number of para-hydroxylation sites is 1. The number of oxazole rings is 1. The SMILES string of the molecule is CCNC(=NCc1ncc(C(C)(C)C)o1)NCCCc1c[nH]c2ccccc12.I. The number of H-pyrrole nitrogens is 1. The van der Waals surface area contributed by atoms with Crippen LogP contribution in [0.4, 0.5) is 0 Å². The van der Waals surface area contributed by atoms with Crippen molar-refractivity contribution in [3.8, 4) is 0 Å². The Morgan fingerprint density at radius 2 is 2.00 bits per heavy atom. The summed E-state index contributed by atoms with van der Waals surface area (Å²) in [5.74, 6) is 2.31. The lowest BCUT2D eigenvalue weighted by molar-refractivity contribution is 0.383. The van der Waals surface area contributed by atoms with Crippen molar-refractivity contribution >= 4 is 40.8 Å². The standard InChI is InChI=1S/C22H31N5O.HI/c1-5-23-21(27-15-20-26-14-19(28-20)22(2,3)4)24-12-8-9-16-13-25-18-11-7-6-10-17(16)18;/h6-7,10-11,13-14,25H,5,8-9,12,15H2,1-4H3,(H2,23,24,27);1H. The second-order valence-electron chi connectivity index (χ2n) is 7.95. The van der Waals surface area contributed by atoms with Gasteiger partial charge in [-0.15, -0.1) is 24.0 Å². The van der Waals surface area contributed by atoms with E-state index in [1.165, 1.54) is 16.5 Å². The second kappa shape index (κ2) is 10.7. The smallest absolute Gasteiger partial charge is 0.216 e.